The van der Waals surface area contributed by atoms with E-state index in [0.717, 1.165) is 16.9 Å². The predicted molar refractivity (Wildman–Crippen MR) is 140 cm³/mol. The summed E-state index contributed by atoms with van der Waals surface area (Å²) < 4.78 is 40.0. The predicted octanol–water partition coefficient (Wildman–Crippen LogP) is 4.44. The minimum absolute atomic E-state index is 0.0738. The Labute approximate surface area is 213 Å². The van der Waals surface area contributed by atoms with Crippen LogP contribution in [0.3, 0.4) is 0 Å². The molecule has 0 radical (unpaired) electrons. The van der Waals surface area contributed by atoms with Crippen molar-refractivity contribution in [3.8, 4) is 11.5 Å². The molecule has 1 atom stereocenters. The average Bonchev–Trinajstić information content (AvgIpc) is 2.85. The number of anilines is 1. The molecule has 1 N–H and O–H groups in total. The minimum Gasteiger partial charge on any atom is -0.491 e. The first kappa shape index (κ1) is 25.6. The number of aryl methyl sites for hydroxylation is 1. The zero-order chi connectivity index (χ0) is 25.9. The van der Waals surface area contributed by atoms with E-state index in [-0.39, 0.29) is 30.0 Å². The quantitative estimate of drug-likeness (QED) is 0.477. The van der Waals surface area contributed by atoms with E-state index in [2.05, 4.69) is 26.1 Å². The number of sulfonamides is 1. The lowest BCUT2D eigenvalue weighted by Crippen LogP contribution is -2.51. The Balaban J connectivity index is 1.45. The molecule has 3 aromatic rings. The normalized spacial score (nSPS) is 15.6. The highest BCUT2D eigenvalue weighted by Gasteiger charge is 2.37. The summed E-state index contributed by atoms with van der Waals surface area (Å²) in [6.45, 7) is 8.64. The van der Waals surface area contributed by atoms with Gasteiger partial charge in [-0.1, -0.05) is 68.8 Å². The maximum atomic E-state index is 13.5. The first-order chi connectivity index (χ1) is 17.1. The van der Waals surface area contributed by atoms with Crippen LogP contribution in [0.1, 0.15) is 31.9 Å². The number of amides is 1. The molecule has 0 aromatic heterocycles. The van der Waals surface area contributed by atoms with Gasteiger partial charge in [0.2, 0.25) is 0 Å². The summed E-state index contributed by atoms with van der Waals surface area (Å²) in [5.41, 5.74) is 2.38. The molecule has 0 bridgehead atoms. The van der Waals surface area contributed by atoms with Crippen molar-refractivity contribution in [2.75, 3.05) is 24.0 Å². The van der Waals surface area contributed by atoms with Gasteiger partial charge in [-0.15, -0.1) is 0 Å². The molecule has 0 fully saturated rings. The van der Waals surface area contributed by atoms with E-state index in [0.29, 0.717) is 11.4 Å². The molecule has 1 amide bonds. The second kappa shape index (κ2) is 10.2. The number of para-hydroxylation sites is 3. The molecule has 1 aliphatic heterocycles. The maximum Gasteiger partial charge on any atom is 0.264 e. The van der Waals surface area contributed by atoms with Gasteiger partial charge in [-0.3, -0.25) is 9.10 Å². The van der Waals surface area contributed by atoms with Crippen molar-refractivity contribution in [3.05, 3.63) is 83.9 Å². The Morgan fingerprint density at radius 3 is 2.42 bits per heavy atom. The van der Waals surface area contributed by atoms with Crippen molar-refractivity contribution in [1.82, 2.24) is 5.32 Å². The first-order valence-electron chi connectivity index (χ1n) is 11.9. The largest absolute Gasteiger partial charge is 0.491 e. The molecule has 4 rings (SSSR count). The van der Waals surface area contributed by atoms with Crippen molar-refractivity contribution in [2.24, 2.45) is 0 Å². The fourth-order valence-corrected chi connectivity index (χ4v) is 5.54. The fraction of sp³-hybridized carbons (Fsp3) is 0.321. The Morgan fingerprint density at radius 2 is 1.69 bits per heavy atom. The van der Waals surface area contributed by atoms with Crippen LogP contribution in [0.15, 0.2) is 77.7 Å². The van der Waals surface area contributed by atoms with Gasteiger partial charge in [0.15, 0.2) is 6.10 Å². The van der Waals surface area contributed by atoms with Crippen LogP contribution >= 0.6 is 0 Å². The van der Waals surface area contributed by atoms with Gasteiger partial charge in [0.05, 0.1) is 23.7 Å². The molecule has 1 heterocycles. The first-order valence-corrected chi connectivity index (χ1v) is 13.4. The second-order valence-corrected chi connectivity index (χ2v) is 11.7. The van der Waals surface area contributed by atoms with Crippen LogP contribution in [0.2, 0.25) is 0 Å². The van der Waals surface area contributed by atoms with Crippen molar-refractivity contribution in [2.45, 2.75) is 44.1 Å². The van der Waals surface area contributed by atoms with Crippen LogP contribution in [-0.2, 0) is 20.2 Å². The molecule has 0 spiro atoms. The molecule has 0 aliphatic carbocycles. The van der Waals surface area contributed by atoms with Gasteiger partial charge in [-0.2, -0.15) is 0 Å². The molecular formula is C28H32N2O5S. The molecule has 8 heteroatoms. The number of nitrogens with zero attached hydrogens (tertiary/aromatic N) is 1. The number of fused-ring (bicyclic) bond motifs is 1. The summed E-state index contributed by atoms with van der Waals surface area (Å²) in [7, 11) is -3.89. The summed E-state index contributed by atoms with van der Waals surface area (Å²) in [4.78, 5) is 13.1. The molecular weight excluding hydrogens is 476 g/mol. The van der Waals surface area contributed by atoms with Gasteiger partial charge in [0.1, 0.15) is 18.1 Å². The van der Waals surface area contributed by atoms with Gasteiger partial charge in [-0.25, -0.2) is 8.42 Å². The molecule has 0 saturated heterocycles. The van der Waals surface area contributed by atoms with E-state index < -0.39 is 22.0 Å². The van der Waals surface area contributed by atoms with E-state index in [4.69, 9.17) is 9.47 Å². The number of benzene rings is 3. The molecule has 0 saturated carbocycles. The third kappa shape index (κ3) is 5.49. The number of carbonyl (C=O) groups is 1. The van der Waals surface area contributed by atoms with Crippen molar-refractivity contribution in [1.29, 1.82) is 0 Å². The van der Waals surface area contributed by atoms with Gasteiger partial charge in [0, 0.05) is 0 Å². The van der Waals surface area contributed by atoms with E-state index in [1.54, 1.807) is 48.5 Å². The standard InChI is InChI=1S/C28H32N2O5S/c1-20-13-15-21(16-14-20)36(32,33)30-19-26(35-25-12-8-6-10-23(25)30)27(31)29-17-18-34-24-11-7-5-9-22(24)28(2,3)4/h5-16,26H,17-19H2,1-4H3,(H,29,31)/t26-/m0/s1. The summed E-state index contributed by atoms with van der Waals surface area (Å²) in [6, 6.07) is 21.3. The van der Waals surface area contributed by atoms with Crippen molar-refractivity contribution < 1.29 is 22.7 Å². The third-order valence-electron chi connectivity index (χ3n) is 5.99. The zero-order valence-electron chi connectivity index (χ0n) is 21.0. The Hall–Kier alpha value is -3.52. The number of rotatable bonds is 7. The summed E-state index contributed by atoms with van der Waals surface area (Å²) in [6.07, 6.45) is -0.998. The second-order valence-electron chi connectivity index (χ2n) is 9.81. The average molecular weight is 509 g/mol. The number of ether oxygens (including phenoxy) is 2. The van der Waals surface area contributed by atoms with Crippen LogP contribution in [0.25, 0.3) is 0 Å². The topological polar surface area (TPSA) is 84.9 Å². The highest BCUT2D eigenvalue weighted by molar-refractivity contribution is 7.92. The summed E-state index contributed by atoms with van der Waals surface area (Å²) >= 11 is 0. The van der Waals surface area contributed by atoms with E-state index in [1.165, 1.54) is 4.31 Å². The number of hydrogen-bond acceptors (Lipinski definition) is 5. The number of hydrogen-bond donors (Lipinski definition) is 1. The van der Waals surface area contributed by atoms with Crippen molar-refractivity contribution >= 4 is 21.6 Å². The number of nitrogens with one attached hydrogen (secondary N) is 1. The third-order valence-corrected chi connectivity index (χ3v) is 7.78. The lowest BCUT2D eigenvalue weighted by atomic mass is 9.86. The SMILES string of the molecule is Cc1ccc(S(=O)(=O)N2C[C@@H](C(=O)NCCOc3ccccc3C(C)(C)C)Oc3ccccc32)cc1. The lowest BCUT2D eigenvalue weighted by molar-refractivity contribution is -0.127. The fourth-order valence-electron chi connectivity index (χ4n) is 4.07. The molecule has 3 aromatic carbocycles. The summed E-state index contributed by atoms with van der Waals surface area (Å²) in [5.74, 6) is 0.716. The zero-order valence-corrected chi connectivity index (χ0v) is 21.8. The Morgan fingerprint density at radius 1 is 1.03 bits per heavy atom. The maximum absolute atomic E-state index is 13.5. The minimum atomic E-state index is -3.89. The molecule has 0 unspecified atom stereocenters. The van der Waals surface area contributed by atoms with Crippen LogP contribution in [-0.4, -0.2) is 40.1 Å². The van der Waals surface area contributed by atoms with Crippen LogP contribution in [0, 0.1) is 6.92 Å². The number of carbonyl (C=O) groups excluding carboxylic acids is 1. The lowest BCUT2D eigenvalue weighted by Gasteiger charge is -2.34. The smallest absolute Gasteiger partial charge is 0.264 e. The van der Waals surface area contributed by atoms with E-state index in [9.17, 15) is 13.2 Å². The van der Waals surface area contributed by atoms with Gasteiger partial charge in [-0.05, 0) is 48.2 Å². The molecule has 7 nitrogen and oxygen atoms in total. The van der Waals surface area contributed by atoms with E-state index in [1.807, 2.05) is 31.2 Å². The monoisotopic (exact) mass is 508 g/mol. The molecule has 1 aliphatic rings. The van der Waals surface area contributed by atoms with Crippen LogP contribution < -0.4 is 19.1 Å². The highest BCUT2D eigenvalue weighted by atomic mass is 32.2. The van der Waals surface area contributed by atoms with E-state index >= 15 is 0 Å². The Bertz CT molecular complexity index is 1330. The Kier molecular flexibility index (Phi) is 7.26. The molecule has 36 heavy (non-hydrogen) atoms. The molecule has 190 valence electrons. The highest BCUT2D eigenvalue weighted by Crippen LogP contribution is 2.37. The van der Waals surface area contributed by atoms with Crippen LogP contribution in [0.4, 0.5) is 5.69 Å². The summed E-state index contributed by atoms with van der Waals surface area (Å²) in [5, 5.41) is 2.82. The van der Waals surface area contributed by atoms with Gasteiger partial charge < -0.3 is 14.8 Å². The van der Waals surface area contributed by atoms with Gasteiger partial charge >= 0.3 is 0 Å². The van der Waals surface area contributed by atoms with Crippen LogP contribution in [0.5, 0.6) is 11.5 Å². The van der Waals surface area contributed by atoms with Crippen molar-refractivity contribution in [3.63, 3.8) is 0 Å². The van der Waals surface area contributed by atoms with Gasteiger partial charge in [0.25, 0.3) is 15.9 Å².